The van der Waals surface area contributed by atoms with E-state index in [4.69, 9.17) is 4.74 Å². The predicted molar refractivity (Wildman–Crippen MR) is 83.2 cm³/mol. The Morgan fingerprint density at radius 2 is 1.84 bits per heavy atom. The van der Waals surface area contributed by atoms with E-state index in [1.54, 1.807) is 0 Å². The first-order valence-electron chi connectivity index (χ1n) is 6.50. The molecule has 0 spiro atoms. The average Bonchev–Trinajstić information content (AvgIpc) is 2.69. The lowest BCUT2D eigenvalue weighted by atomic mass is 10.2. The molecule has 0 unspecified atom stereocenters. The van der Waals surface area contributed by atoms with E-state index in [1.807, 2.05) is 19.1 Å². The van der Waals surface area contributed by atoms with Crippen LogP contribution in [0.15, 0.2) is 24.3 Å². The Kier molecular flexibility index (Phi) is 6.15. The lowest BCUT2D eigenvalue weighted by Crippen LogP contribution is -2.35. The van der Waals surface area contributed by atoms with Crippen molar-refractivity contribution in [2.75, 3.05) is 36.2 Å². The third-order valence-corrected chi connectivity index (χ3v) is 3.02. The zero-order valence-electron chi connectivity index (χ0n) is 11.5. The Hall–Kier alpha value is -1.23. The van der Waals surface area contributed by atoms with Crippen LogP contribution >= 0.6 is 17.0 Å². The van der Waals surface area contributed by atoms with Crippen molar-refractivity contribution < 1.29 is 9.53 Å². The Labute approximate surface area is 125 Å². The highest BCUT2D eigenvalue weighted by atomic mass is 79.9. The maximum Gasteiger partial charge on any atom is 0.325 e. The van der Waals surface area contributed by atoms with Gasteiger partial charge in [0.15, 0.2) is 0 Å². The fourth-order valence-electron chi connectivity index (χ4n) is 2.32. The number of carbonyl (C=O) groups excluding carboxylic acids is 1. The Bertz CT molecular complexity index is 426. The SMILES string of the molecule is Br.CCCN1CN(CC(=O)OCC)c2ccccc21. The zero-order chi connectivity index (χ0) is 13.0. The smallest absolute Gasteiger partial charge is 0.325 e. The van der Waals surface area contributed by atoms with E-state index in [0.29, 0.717) is 13.2 Å². The van der Waals surface area contributed by atoms with Gasteiger partial charge in [0.2, 0.25) is 0 Å². The molecule has 1 aromatic rings. The van der Waals surface area contributed by atoms with Gasteiger partial charge < -0.3 is 14.5 Å². The summed E-state index contributed by atoms with van der Waals surface area (Å²) in [4.78, 5) is 16.0. The maximum atomic E-state index is 11.6. The van der Waals surface area contributed by atoms with Gasteiger partial charge in [0.05, 0.1) is 24.7 Å². The first kappa shape index (κ1) is 15.8. The van der Waals surface area contributed by atoms with Gasteiger partial charge in [0, 0.05) is 6.54 Å². The van der Waals surface area contributed by atoms with E-state index >= 15 is 0 Å². The fourth-order valence-corrected chi connectivity index (χ4v) is 2.32. The minimum Gasteiger partial charge on any atom is -0.465 e. The summed E-state index contributed by atoms with van der Waals surface area (Å²) in [5.74, 6) is -0.161. The Morgan fingerprint density at radius 1 is 1.21 bits per heavy atom. The molecule has 1 aromatic carbocycles. The monoisotopic (exact) mass is 328 g/mol. The topological polar surface area (TPSA) is 32.8 Å². The van der Waals surface area contributed by atoms with Crippen LogP contribution in [0, 0.1) is 0 Å². The first-order chi connectivity index (χ1) is 8.76. The van der Waals surface area contributed by atoms with Crippen molar-refractivity contribution >= 4 is 34.3 Å². The molecule has 2 rings (SSSR count). The Balaban J connectivity index is 0.00000180. The van der Waals surface area contributed by atoms with Crippen LogP contribution < -0.4 is 9.80 Å². The van der Waals surface area contributed by atoms with Crippen molar-refractivity contribution in [3.63, 3.8) is 0 Å². The number of benzene rings is 1. The molecule has 0 N–H and O–H groups in total. The van der Waals surface area contributed by atoms with Crippen molar-refractivity contribution in [2.45, 2.75) is 20.3 Å². The number of carbonyl (C=O) groups is 1. The molecule has 0 radical (unpaired) electrons. The number of esters is 1. The molecule has 1 aliphatic heterocycles. The number of rotatable bonds is 5. The van der Waals surface area contributed by atoms with Crippen molar-refractivity contribution in [1.29, 1.82) is 0 Å². The molecule has 1 heterocycles. The third-order valence-electron chi connectivity index (χ3n) is 3.02. The predicted octanol–water partition coefficient (Wildman–Crippen LogP) is 2.82. The van der Waals surface area contributed by atoms with Gasteiger partial charge in [0.25, 0.3) is 0 Å². The number of hydrogen-bond acceptors (Lipinski definition) is 4. The lowest BCUT2D eigenvalue weighted by Gasteiger charge is -2.20. The van der Waals surface area contributed by atoms with Crippen LogP contribution in [0.5, 0.6) is 0 Å². The van der Waals surface area contributed by atoms with E-state index in [2.05, 4.69) is 28.9 Å². The highest BCUT2D eigenvalue weighted by Crippen LogP contribution is 2.35. The molecule has 19 heavy (non-hydrogen) atoms. The van der Waals surface area contributed by atoms with Gasteiger partial charge in [0.1, 0.15) is 6.54 Å². The molecule has 5 heteroatoms. The fraction of sp³-hybridized carbons (Fsp3) is 0.500. The molecule has 1 aliphatic rings. The Morgan fingerprint density at radius 3 is 2.42 bits per heavy atom. The molecule has 4 nitrogen and oxygen atoms in total. The largest absolute Gasteiger partial charge is 0.465 e. The molecule has 0 aromatic heterocycles. The number of fused-ring (bicyclic) bond motifs is 1. The number of ether oxygens (including phenoxy) is 1. The van der Waals surface area contributed by atoms with E-state index in [-0.39, 0.29) is 23.0 Å². The number of hydrogen-bond donors (Lipinski definition) is 0. The molecular weight excluding hydrogens is 308 g/mol. The number of anilines is 2. The summed E-state index contributed by atoms with van der Waals surface area (Å²) in [5, 5.41) is 0. The van der Waals surface area contributed by atoms with Gasteiger partial charge >= 0.3 is 5.97 Å². The highest BCUT2D eigenvalue weighted by molar-refractivity contribution is 8.93. The van der Waals surface area contributed by atoms with E-state index < -0.39 is 0 Å². The maximum absolute atomic E-state index is 11.6. The van der Waals surface area contributed by atoms with Crippen molar-refractivity contribution in [3.05, 3.63) is 24.3 Å². The third kappa shape index (κ3) is 3.62. The van der Waals surface area contributed by atoms with Gasteiger partial charge in [-0.2, -0.15) is 0 Å². The van der Waals surface area contributed by atoms with Crippen LogP contribution in [0.3, 0.4) is 0 Å². The first-order valence-corrected chi connectivity index (χ1v) is 6.50. The van der Waals surface area contributed by atoms with E-state index in [9.17, 15) is 4.79 Å². The van der Waals surface area contributed by atoms with Crippen molar-refractivity contribution in [3.8, 4) is 0 Å². The van der Waals surface area contributed by atoms with Gasteiger partial charge in [-0.15, -0.1) is 17.0 Å². The summed E-state index contributed by atoms with van der Waals surface area (Å²) in [6, 6.07) is 8.21. The second-order valence-electron chi connectivity index (χ2n) is 4.40. The normalized spacial score (nSPS) is 12.9. The summed E-state index contributed by atoms with van der Waals surface area (Å²) >= 11 is 0. The molecule has 0 amide bonds. The number of nitrogens with zero attached hydrogens (tertiary/aromatic N) is 2. The molecule has 0 fully saturated rings. The second kappa shape index (κ2) is 7.38. The van der Waals surface area contributed by atoms with Crippen molar-refractivity contribution in [2.24, 2.45) is 0 Å². The minimum absolute atomic E-state index is 0. The van der Waals surface area contributed by atoms with Crippen LogP contribution in [-0.4, -0.2) is 32.3 Å². The number of para-hydroxylation sites is 2. The van der Waals surface area contributed by atoms with E-state index in [0.717, 1.165) is 25.3 Å². The van der Waals surface area contributed by atoms with Gasteiger partial charge in [-0.05, 0) is 25.5 Å². The van der Waals surface area contributed by atoms with Gasteiger partial charge in [-0.1, -0.05) is 19.1 Å². The van der Waals surface area contributed by atoms with Gasteiger partial charge in [-0.3, -0.25) is 4.79 Å². The van der Waals surface area contributed by atoms with Crippen LogP contribution in [0.25, 0.3) is 0 Å². The lowest BCUT2D eigenvalue weighted by molar-refractivity contribution is -0.141. The van der Waals surface area contributed by atoms with E-state index in [1.165, 1.54) is 5.69 Å². The standard InChI is InChI=1S/C14H20N2O2.BrH/c1-3-9-15-11-16(10-14(17)18-4-2)13-8-6-5-7-12(13)15;/h5-8H,3-4,9-11H2,1-2H3;1H. The highest BCUT2D eigenvalue weighted by Gasteiger charge is 2.26. The van der Waals surface area contributed by atoms with Crippen LogP contribution in [-0.2, 0) is 9.53 Å². The molecule has 0 aliphatic carbocycles. The summed E-state index contributed by atoms with van der Waals surface area (Å²) in [5.41, 5.74) is 2.34. The molecule has 0 atom stereocenters. The quantitative estimate of drug-likeness (QED) is 0.778. The summed E-state index contributed by atoms with van der Waals surface area (Å²) in [6.07, 6.45) is 1.10. The van der Waals surface area contributed by atoms with Crippen LogP contribution in [0.4, 0.5) is 11.4 Å². The molecule has 0 saturated heterocycles. The summed E-state index contributed by atoms with van der Waals surface area (Å²) in [7, 11) is 0. The van der Waals surface area contributed by atoms with Crippen LogP contribution in [0.1, 0.15) is 20.3 Å². The van der Waals surface area contributed by atoms with Crippen LogP contribution in [0.2, 0.25) is 0 Å². The second-order valence-corrected chi connectivity index (χ2v) is 4.40. The molecular formula is C14H21BrN2O2. The molecule has 106 valence electrons. The molecule has 0 bridgehead atoms. The molecule has 0 saturated carbocycles. The van der Waals surface area contributed by atoms with Crippen molar-refractivity contribution in [1.82, 2.24) is 0 Å². The summed E-state index contributed by atoms with van der Waals surface area (Å²) in [6.45, 7) is 6.54. The zero-order valence-corrected chi connectivity index (χ0v) is 13.2. The average molecular weight is 329 g/mol. The minimum atomic E-state index is -0.161. The van der Waals surface area contributed by atoms with Gasteiger partial charge in [-0.25, -0.2) is 0 Å². The number of halogens is 1. The summed E-state index contributed by atoms with van der Waals surface area (Å²) < 4.78 is 5.01.